The van der Waals surface area contributed by atoms with Crippen molar-refractivity contribution in [1.29, 1.82) is 0 Å². The van der Waals surface area contributed by atoms with Gasteiger partial charge in [-0.15, -0.1) is 0 Å². The average Bonchev–Trinajstić information content (AvgIpc) is 3.09. The lowest BCUT2D eigenvalue weighted by molar-refractivity contribution is -0.385. The Morgan fingerprint density at radius 2 is 1.68 bits per heavy atom. The quantitative estimate of drug-likeness (QED) is 0.100. The number of halogens is 2. The molecule has 0 fully saturated rings. The lowest BCUT2D eigenvalue weighted by Crippen LogP contribution is -2.54. The molecule has 2 atom stereocenters. The van der Waals surface area contributed by atoms with Gasteiger partial charge in [0.2, 0.25) is 11.8 Å². The predicted molar refractivity (Wildman–Crippen MR) is 197 cm³/mol. The first-order chi connectivity index (χ1) is 23.7. The molecule has 0 spiro atoms. The molecule has 0 aliphatic rings. The van der Waals surface area contributed by atoms with E-state index in [1.54, 1.807) is 24.3 Å². The Morgan fingerprint density at radius 1 is 1.00 bits per heavy atom. The number of sulfonamides is 1. The highest BCUT2D eigenvalue weighted by molar-refractivity contribution is 9.10. The topological polar surface area (TPSA) is 139 Å². The van der Waals surface area contributed by atoms with E-state index in [0.717, 1.165) is 20.4 Å². The first-order valence-electron chi connectivity index (χ1n) is 15.7. The van der Waals surface area contributed by atoms with E-state index in [0.29, 0.717) is 12.0 Å². The molecule has 14 heteroatoms. The van der Waals surface area contributed by atoms with Crippen molar-refractivity contribution in [2.45, 2.75) is 57.1 Å². The fraction of sp³-hybridized carbons (Fsp3) is 0.278. The summed E-state index contributed by atoms with van der Waals surface area (Å²) in [6.45, 7) is 4.46. The van der Waals surface area contributed by atoms with Gasteiger partial charge in [-0.25, -0.2) is 8.42 Å². The van der Waals surface area contributed by atoms with Crippen LogP contribution in [-0.4, -0.2) is 55.8 Å². The van der Waals surface area contributed by atoms with Crippen LogP contribution in [0.3, 0.4) is 0 Å². The number of aryl methyl sites for hydroxylation is 1. The molecular formula is C36H38BrClN4O7S. The van der Waals surface area contributed by atoms with Gasteiger partial charge in [0.1, 0.15) is 18.3 Å². The summed E-state index contributed by atoms with van der Waals surface area (Å²) in [5.41, 5.74) is 1.27. The van der Waals surface area contributed by atoms with Crippen LogP contribution in [0, 0.1) is 17.0 Å². The summed E-state index contributed by atoms with van der Waals surface area (Å²) in [5.74, 6) is -1.03. The largest absolute Gasteiger partial charge is 0.495 e. The molecule has 4 aromatic rings. The highest BCUT2D eigenvalue weighted by Crippen LogP contribution is 2.36. The maximum Gasteiger partial charge on any atom is 0.273 e. The van der Waals surface area contributed by atoms with Gasteiger partial charge in [0, 0.05) is 40.1 Å². The van der Waals surface area contributed by atoms with E-state index >= 15 is 0 Å². The number of rotatable bonds is 15. The first kappa shape index (κ1) is 38.3. The van der Waals surface area contributed by atoms with Gasteiger partial charge in [0.15, 0.2) is 0 Å². The monoisotopic (exact) mass is 784 g/mol. The molecule has 4 aromatic carbocycles. The number of hydrogen-bond donors (Lipinski definition) is 1. The summed E-state index contributed by atoms with van der Waals surface area (Å²) in [4.78, 5) is 40.8. The van der Waals surface area contributed by atoms with Crippen LogP contribution < -0.4 is 14.4 Å². The number of nitro groups is 1. The Bertz CT molecular complexity index is 1950. The molecule has 2 amide bonds. The van der Waals surface area contributed by atoms with Gasteiger partial charge in [-0.2, -0.15) is 0 Å². The number of ether oxygens (including phenoxy) is 1. The van der Waals surface area contributed by atoms with Crippen LogP contribution in [0.4, 0.5) is 11.4 Å². The van der Waals surface area contributed by atoms with Crippen molar-refractivity contribution >= 4 is 60.7 Å². The van der Waals surface area contributed by atoms with Gasteiger partial charge < -0.3 is 15.0 Å². The van der Waals surface area contributed by atoms with Crippen LogP contribution >= 0.6 is 27.5 Å². The number of nitrogens with zero attached hydrogens (tertiary/aromatic N) is 3. The van der Waals surface area contributed by atoms with Crippen molar-refractivity contribution in [2.24, 2.45) is 0 Å². The fourth-order valence-electron chi connectivity index (χ4n) is 5.23. The zero-order valence-electron chi connectivity index (χ0n) is 28.0. The first-order valence-corrected chi connectivity index (χ1v) is 18.4. The highest BCUT2D eigenvalue weighted by atomic mass is 79.9. The Labute approximate surface area is 305 Å². The van der Waals surface area contributed by atoms with Gasteiger partial charge >= 0.3 is 0 Å². The molecule has 0 aromatic heterocycles. The number of nitro benzene ring substituents is 1. The molecule has 0 saturated heterocycles. The normalized spacial score (nSPS) is 12.4. The molecule has 1 N–H and O–H groups in total. The third-order valence-electron chi connectivity index (χ3n) is 8.19. The van der Waals surface area contributed by atoms with Crippen molar-refractivity contribution in [2.75, 3.05) is 18.0 Å². The molecular weight excluding hydrogens is 748 g/mol. The van der Waals surface area contributed by atoms with Gasteiger partial charge in [-0.3, -0.25) is 24.0 Å². The molecule has 4 rings (SSSR count). The van der Waals surface area contributed by atoms with Gasteiger partial charge in [0.05, 0.1) is 22.6 Å². The summed E-state index contributed by atoms with van der Waals surface area (Å²) < 4.78 is 36.1. The number of amides is 2. The smallest absolute Gasteiger partial charge is 0.273 e. The molecule has 0 heterocycles. The number of benzene rings is 4. The number of anilines is 1. The van der Waals surface area contributed by atoms with Crippen molar-refractivity contribution in [3.8, 4) is 5.75 Å². The summed E-state index contributed by atoms with van der Waals surface area (Å²) in [5, 5.41) is 14.9. The molecule has 264 valence electrons. The summed E-state index contributed by atoms with van der Waals surface area (Å²) in [6, 6.07) is 23.0. The fourth-order valence-corrected chi connectivity index (χ4v) is 7.09. The third kappa shape index (κ3) is 9.40. The summed E-state index contributed by atoms with van der Waals surface area (Å²) in [6.07, 6.45) is 0.788. The van der Waals surface area contributed by atoms with E-state index in [1.807, 2.05) is 44.2 Å². The third-order valence-corrected chi connectivity index (χ3v) is 10.7. The zero-order chi connectivity index (χ0) is 36.6. The van der Waals surface area contributed by atoms with Crippen LogP contribution in [0.2, 0.25) is 5.02 Å². The minimum Gasteiger partial charge on any atom is -0.495 e. The summed E-state index contributed by atoms with van der Waals surface area (Å²) in [7, 11) is -3.34. The Hall–Kier alpha value is -4.46. The van der Waals surface area contributed by atoms with Crippen molar-refractivity contribution in [3.63, 3.8) is 0 Å². The van der Waals surface area contributed by atoms with E-state index < -0.39 is 49.9 Å². The minimum absolute atomic E-state index is 0.0336. The maximum absolute atomic E-state index is 14.7. The number of hydrogen-bond acceptors (Lipinski definition) is 7. The van der Waals surface area contributed by atoms with Crippen molar-refractivity contribution in [3.05, 3.63) is 127 Å². The average molecular weight is 786 g/mol. The van der Waals surface area contributed by atoms with E-state index in [-0.39, 0.29) is 41.0 Å². The van der Waals surface area contributed by atoms with Crippen LogP contribution in [0.1, 0.15) is 37.0 Å². The van der Waals surface area contributed by atoms with Crippen molar-refractivity contribution < 1.29 is 27.7 Å². The Morgan fingerprint density at radius 3 is 2.30 bits per heavy atom. The van der Waals surface area contributed by atoms with Gasteiger partial charge in [-0.05, 0) is 67.8 Å². The van der Waals surface area contributed by atoms with E-state index in [4.69, 9.17) is 16.3 Å². The molecule has 0 bridgehead atoms. The van der Waals surface area contributed by atoms with E-state index in [2.05, 4.69) is 21.2 Å². The van der Waals surface area contributed by atoms with E-state index in [1.165, 1.54) is 49.3 Å². The molecule has 0 radical (unpaired) electrons. The van der Waals surface area contributed by atoms with Crippen LogP contribution in [0.15, 0.2) is 100 Å². The molecule has 0 aliphatic heterocycles. The van der Waals surface area contributed by atoms with E-state index in [9.17, 15) is 28.1 Å². The van der Waals surface area contributed by atoms with Crippen molar-refractivity contribution in [1.82, 2.24) is 10.2 Å². The zero-order valence-corrected chi connectivity index (χ0v) is 31.2. The number of methoxy groups -OCH3 is 1. The maximum atomic E-state index is 14.7. The lowest BCUT2D eigenvalue weighted by Gasteiger charge is -2.34. The standard InChI is InChI=1S/C36H38BrClN4O7S/c1-5-25(3)39-36(44)33(19-26-9-7-6-8-10-26)40(22-27-12-14-28(37)15-13-27)35(43)23-41(32-20-29(38)16-18-34(32)49-4)50(47,48)30-17-11-24(2)31(21-30)42(45)46/h6-18,20-21,25,33H,5,19,22-23H2,1-4H3,(H,39,44)/t25-,33-/m0/s1. The Balaban J connectivity index is 1.89. The second-order valence-corrected chi connectivity index (χ2v) is 14.9. The molecule has 0 saturated carbocycles. The Kier molecular flexibility index (Phi) is 13.0. The van der Waals surface area contributed by atoms with Crippen LogP contribution in [0.25, 0.3) is 0 Å². The molecule has 0 unspecified atom stereocenters. The number of nitrogens with one attached hydrogen (secondary N) is 1. The lowest BCUT2D eigenvalue weighted by atomic mass is 10.0. The predicted octanol–water partition coefficient (Wildman–Crippen LogP) is 7.08. The molecule has 50 heavy (non-hydrogen) atoms. The van der Waals surface area contributed by atoms with Crippen LogP contribution in [0.5, 0.6) is 5.75 Å². The number of carbonyl (C=O) groups is 2. The van der Waals surface area contributed by atoms with Gasteiger partial charge in [0.25, 0.3) is 15.7 Å². The van der Waals surface area contributed by atoms with Crippen LogP contribution in [-0.2, 0) is 32.6 Å². The molecule has 11 nitrogen and oxygen atoms in total. The number of carbonyl (C=O) groups excluding carboxylic acids is 2. The second-order valence-electron chi connectivity index (χ2n) is 11.7. The van der Waals surface area contributed by atoms with Gasteiger partial charge in [-0.1, -0.05) is 83.0 Å². The SMILES string of the molecule is CC[C@H](C)NC(=O)[C@H](Cc1ccccc1)N(Cc1ccc(Br)cc1)C(=O)CN(c1cc(Cl)ccc1OC)S(=O)(=O)c1ccc(C)c([N+](=O)[O-])c1. The minimum atomic E-state index is -4.68. The highest BCUT2D eigenvalue weighted by Gasteiger charge is 2.36. The summed E-state index contributed by atoms with van der Waals surface area (Å²) >= 11 is 9.78. The molecule has 0 aliphatic carbocycles. The second kappa shape index (κ2) is 17.0.